The van der Waals surface area contributed by atoms with E-state index in [1.165, 1.54) is 28.1 Å². The third-order valence-corrected chi connectivity index (χ3v) is 5.96. The lowest BCUT2D eigenvalue weighted by Gasteiger charge is -2.19. The lowest BCUT2D eigenvalue weighted by Crippen LogP contribution is -2.28. The predicted molar refractivity (Wildman–Crippen MR) is 103 cm³/mol. The first-order valence-corrected chi connectivity index (χ1v) is 10.1. The molecule has 0 aliphatic carbocycles. The lowest BCUT2D eigenvalue weighted by atomic mass is 10.0. The van der Waals surface area contributed by atoms with Gasteiger partial charge in [-0.2, -0.15) is 5.10 Å². The molecule has 27 heavy (non-hydrogen) atoms. The van der Waals surface area contributed by atoms with Crippen molar-refractivity contribution >= 4 is 34.7 Å². The van der Waals surface area contributed by atoms with Crippen molar-refractivity contribution in [2.75, 3.05) is 12.9 Å². The van der Waals surface area contributed by atoms with Crippen LogP contribution in [-0.4, -0.2) is 39.7 Å². The number of hydrogen-bond donors (Lipinski definition) is 0. The van der Waals surface area contributed by atoms with Crippen molar-refractivity contribution in [3.05, 3.63) is 59.5 Å². The summed E-state index contributed by atoms with van der Waals surface area (Å²) in [5.41, 5.74) is 3.45. The van der Waals surface area contributed by atoms with Gasteiger partial charge in [-0.25, -0.2) is 5.01 Å². The minimum Gasteiger partial charge on any atom is -0.497 e. The molecular formula is C18H16N4O3S2. The van der Waals surface area contributed by atoms with E-state index in [9.17, 15) is 4.79 Å². The van der Waals surface area contributed by atoms with Crippen LogP contribution in [-0.2, 0) is 4.79 Å². The molecule has 3 heterocycles. The fraction of sp³-hybridized carbons (Fsp3) is 0.222. The van der Waals surface area contributed by atoms with Crippen molar-refractivity contribution in [1.29, 1.82) is 0 Å². The maximum Gasteiger partial charge on any atom is 0.253 e. The summed E-state index contributed by atoms with van der Waals surface area (Å²) in [4.78, 5) is 12.8. The molecule has 0 fully saturated rings. The summed E-state index contributed by atoms with van der Waals surface area (Å²) in [6.45, 7) is 0. The molecule has 0 N–H and O–H groups in total. The Balaban J connectivity index is 1.56. The molecule has 3 aromatic rings. The van der Waals surface area contributed by atoms with Crippen molar-refractivity contribution in [1.82, 2.24) is 15.2 Å². The third kappa shape index (κ3) is 3.88. The van der Waals surface area contributed by atoms with Crippen LogP contribution in [0.2, 0.25) is 0 Å². The number of thioether (sulfide) groups is 1. The van der Waals surface area contributed by atoms with E-state index in [2.05, 4.69) is 15.3 Å². The molecule has 2 aromatic heterocycles. The van der Waals surface area contributed by atoms with E-state index in [-0.39, 0.29) is 17.7 Å². The lowest BCUT2D eigenvalue weighted by molar-refractivity contribution is -0.130. The Bertz CT molecular complexity index is 924. The second-order valence-electron chi connectivity index (χ2n) is 5.74. The zero-order valence-corrected chi connectivity index (χ0v) is 16.1. The molecule has 4 rings (SSSR count). The summed E-state index contributed by atoms with van der Waals surface area (Å²) < 4.78 is 11.5. The Labute approximate surface area is 164 Å². The largest absolute Gasteiger partial charge is 0.497 e. The molecule has 0 saturated heterocycles. The summed E-state index contributed by atoms with van der Waals surface area (Å²) in [6.07, 6.45) is 2.20. The maximum absolute atomic E-state index is 12.8. The SMILES string of the molecule is COc1ccc(C2=NN(C(=O)CSc3nncs3)[C@@H](c3ccco3)C2)cc1. The van der Waals surface area contributed by atoms with Gasteiger partial charge in [-0.1, -0.05) is 23.1 Å². The van der Waals surface area contributed by atoms with Crippen molar-refractivity contribution in [2.45, 2.75) is 16.8 Å². The number of nitrogens with zero attached hydrogens (tertiary/aromatic N) is 4. The van der Waals surface area contributed by atoms with Crippen molar-refractivity contribution < 1.29 is 13.9 Å². The van der Waals surface area contributed by atoms with E-state index in [1.54, 1.807) is 18.9 Å². The Morgan fingerprint density at radius 1 is 1.37 bits per heavy atom. The number of hydrazone groups is 1. The van der Waals surface area contributed by atoms with Gasteiger partial charge in [0.05, 0.1) is 24.8 Å². The number of hydrogen-bond acceptors (Lipinski definition) is 8. The molecule has 0 spiro atoms. The summed E-state index contributed by atoms with van der Waals surface area (Å²) in [7, 11) is 1.63. The number of methoxy groups -OCH3 is 1. The second kappa shape index (κ2) is 7.93. The second-order valence-corrected chi connectivity index (χ2v) is 7.80. The summed E-state index contributed by atoms with van der Waals surface area (Å²) in [5, 5.41) is 13.9. The molecular weight excluding hydrogens is 384 g/mol. The van der Waals surface area contributed by atoms with Crippen LogP contribution in [0.3, 0.4) is 0 Å². The van der Waals surface area contributed by atoms with E-state index >= 15 is 0 Å². The van der Waals surface area contributed by atoms with Gasteiger partial charge in [-0.15, -0.1) is 10.2 Å². The number of benzene rings is 1. The van der Waals surface area contributed by atoms with E-state index in [0.29, 0.717) is 6.42 Å². The van der Waals surface area contributed by atoms with Gasteiger partial charge in [0, 0.05) is 6.42 Å². The van der Waals surface area contributed by atoms with Gasteiger partial charge in [0.1, 0.15) is 23.1 Å². The fourth-order valence-corrected chi connectivity index (χ4v) is 4.16. The van der Waals surface area contributed by atoms with Crippen LogP contribution in [0.25, 0.3) is 0 Å². The molecule has 1 aliphatic rings. The van der Waals surface area contributed by atoms with Crippen molar-refractivity contribution in [3.8, 4) is 5.75 Å². The number of rotatable bonds is 6. The molecule has 9 heteroatoms. The van der Waals surface area contributed by atoms with E-state index in [0.717, 1.165) is 27.1 Å². The molecule has 7 nitrogen and oxygen atoms in total. The topological polar surface area (TPSA) is 80.8 Å². The van der Waals surface area contributed by atoms with Gasteiger partial charge >= 0.3 is 0 Å². The monoisotopic (exact) mass is 400 g/mol. The average molecular weight is 400 g/mol. The molecule has 0 radical (unpaired) electrons. The number of aromatic nitrogens is 2. The quantitative estimate of drug-likeness (QED) is 0.588. The highest BCUT2D eigenvalue weighted by molar-refractivity contribution is 8.01. The van der Waals surface area contributed by atoms with Crippen LogP contribution in [0.15, 0.2) is 62.0 Å². The van der Waals surface area contributed by atoms with Gasteiger partial charge < -0.3 is 9.15 Å². The molecule has 1 amide bonds. The number of carbonyl (C=O) groups excluding carboxylic acids is 1. The first kappa shape index (κ1) is 17.7. The van der Waals surface area contributed by atoms with Crippen LogP contribution >= 0.6 is 23.1 Å². The first-order chi connectivity index (χ1) is 13.2. The molecule has 0 bridgehead atoms. The average Bonchev–Trinajstić information content (AvgIpc) is 3.47. The zero-order chi connectivity index (χ0) is 18.6. The van der Waals surface area contributed by atoms with E-state index in [1.807, 2.05) is 36.4 Å². The highest BCUT2D eigenvalue weighted by atomic mass is 32.2. The van der Waals surface area contributed by atoms with Crippen LogP contribution in [0.4, 0.5) is 0 Å². The minimum absolute atomic E-state index is 0.0971. The van der Waals surface area contributed by atoms with Crippen molar-refractivity contribution in [3.63, 3.8) is 0 Å². The molecule has 1 aliphatic heterocycles. The number of ether oxygens (including phenoxy) is 1. The molecule has 1 aromatic carbocycles. The minimum atomic E-state index is -0.250. The summed E-state index contributed by atoms with van der Waals surface area (Å²) >= 11 is 2.77. The van der Waals surface area contributed by atoms with E-state index in [4.69, 9.17) is 9.15 Å². The van der Waals surface area contributed by atoms with Gasteiger partial charge in [0.15, 0.2) is 4.34 Å². The number of furan rings is 1. The Kier molecular flexibility index (Phi) is 5.21. The molecule has 1 atom stereocenters. The fourth-order valence-electron chi connectivity index (χ4n) is 2.82. The first-order valence-electron chi connectivity index (χ1n) is 8.21. The molecule has 0 saturated carbocycles. The van der Waals surface area contributed by atoms with E-state index < -0.39 is 0 Å². The standard InChI is InChI=1S/C18H16N4O3S2/c1-24-13-6-4-12(5-7-13)14-9-15(16-3-2-8-25-16)22(21-14)17(23)10-26-18-20-19-11-27-18/h2-8,11,15H,9-10H2,1H3/t15-/m1/s1. The van der Waals surface area contributed by atoms with Crippen LogP contribution in [0, 0.1) is 0 Å². The van der Waals surface area contributed by atoms with Crippen LogP contribution in [0.1, 0.15) is 23.8 Å². The third-order valence-electron chi connectivity index (χ3n) is 4.12. The maximum atomic E-state index is 12.8. The predicted octanol–water partition coefficient (Wildman–Crippen LogP) is 3.61. The van der Waals surface area contributed by atoms with Crippen molar-refractivity contribution in [2.24, 2.45) is 5.10 Å². The smallest absolute Gasteiger partial charge is 0.253 e. The van der Waals surface area contributed by atoms with Crippen LogP contribution < -0.4 is 4.74 Å². The van der Waals surface area contributed by atoms with Gasteiger partial charge in [0.25, 0.3) is 5.91 Å². The van der Waals surface area contributed by atoms with Gasteiger partial charge in [0.2, 0.25) is 0 Å². The normalized spacial score (nSPS) is 16.4. The van der Waals surface area contributed by atoms with Crippen LogP contribution in [0.5, 0.6) is 5.75 Å². The Hall–Kier alpha value is -2.65. The number of amides is 1. The highest BCUT2D eigenvalue weighted by Gasteiger charge is 2.34. The zero-order valence-electron chi connectivity index (χ0n) is 14.4. The summed E-state index contributed by atoms with van der Waals surface area (Å²) in [6, 6.07) is 11.1. The van der Waals surface area contributed by atoms with Gasteiger partial charge in [-0.05, 0) is 42.0 Å². The molecule has 138 valence electrons. The molecule has 0 unspecified atom stereocenters. The highest BCUT2D eigenvalue weighted by Crippen LogP contribution is 2.34. The number of carbonyl (C=O) groups is 1. The Morgan fingerprint density at radius 3 is 2.89 bits per heavy atom. The Morgan fingerprint density at radius 2 is 2.22 bits per heavy atom. The van der Waals surface area contributed by atoms with Gasteiger partial charge in [-0.3, -0.25) is 4.79 Å². The summed E-state index contributed by atoms with van der Waals surface area (Å²) in [5.74, 6) is 1.64.